The third kappa shape index (κ3) is 4.92. The van der Waals surface area contributed by atoms with E-state index in [9.17, 15) is 18.5 Å². The van der Waals surface area contributed by atoms with Gasteiger partial charge in [0.15, 0.2) is 0 Å². The summed E-state index contributed by atoms with van der Waals surface area (Å²) < 4.78 is 26.3. The van der Waals surface area contributed by atoms with E-state index in [0.717, 1.165) is 19.3 Å². The minimum Gasteiger partial charge on any atom is -0.324 e. The van der Waals surface area contributed by atoms with Crippen LogP contribution >= 0.6 is 12.4 Å². The average Bonchev–Trinajstić information content (AvgIpc) is 2.34. The van der Waals surface area contributed by atoms with E-state index in [-0.39, 0.29) is 30.4 Å². The Hall–Kier alpha value is -1.22. The second kappa shape index (κ2) is 6.69. The lowest BCUT2D eigenvalue weighted by Crippen LogP contribution is -2.54. The Kier molecular flexibility index (Phi) is 5.68. The van der Waals surface area contributed by atoms with Crippen LogP contribution in [0.3, 0.4) is 0 Å². The fraction of sp³-hybridized carbons (Fsp3) is 0.500. The van der Waals surface area contributed by atoms with E-state index in [4.69, 9.17) is 5.73 Å². The first-order valence-corrected chi connectivity index (χ1v) is 7.94. The molecule has 0 atom stereocenters. The molecule has 0 amide bonds. The molecule has 3 N–H and O–H groups in total. The molecule has 7 nitrogen and oxygen atoms in total. The summed E-state index contributed by atoms with van der Waals surface area (Å²) in [4.78, 5) is 9.99. The lowest BCUT2D eigenvalue weighted by molar-refractivity contribution is -0.384. The van der Waals surface area contributed by atoms with Gasteiger partial charge in [0.2, 0.25) is 10.0 Å². The number of non-ortho nitro benzene ring substituents is 1. The summed E-state index contributed by atoms with van der Waals surface area (Å²) in [5.74, 6) is -0.207. The van der Waals surface area contributed by atoms with Gasteiger partial charge in [-0.2, -0.15) is 0 Å². The average molecular weight is 336 g/mol. The maximum atomic E-state index is 11.9. The minimum absolute atomic E-state index is 0. The van der Waals surface area contributed by atoms with Crippen LogP contribution in [0.4, 0.5) is 5.69 Å². The highest BCUT2D eigenvalue weighted by atomic mass is 35.5. The van der Waals surface area contributed by atoms with Gasteiger partial charge in [0.05, 0.1) is 10.7 Å². The summed E-state index contributed by atoms with van der Waals surface area (Å²) in [5.41, 5.74) is 5.98. The topological polar surface area (TPSA) is 115 Å². The Morgan fingerprint density at radius 1 is 1.29 bits per heavy atom. The Morgan fingerprint density at radius 3 is 2.29 bits per heavy atom. The van der Waals surface area contributed by atoms with Crippen LogP contribution in [0.1, 0.15) is 24.8 Å². The molecular formula is C12H18ClN3O4S. The van der Waals surface area contributed by atoms with Crippen LogP contribution in [0.15, 0.2) is 24.3 Å². The molecule has 2 rings (SSSR count). The van der Waals surface area contributed by atoms with Crippen molar-refractivity contribution >= 4 is 28.1 Å². The molecule has 1 fully saturated rings. The predicted octanol–water partition coefficient (Wildman–Crippen LogP) is 1.32. The summed E-state index contributed by atoms with van der Waals surface area (Å²) >= 11 is 0. The highest BCUT2D eigenvalue weighted by Crippen LogP contribution is 2.28. The first kappa shape index (κ1) is 17.8. The molecule has 0 spiro atoms. The number of nitrogens with two attached hydrogens (primary N) is 1. The zero-order chi connectivity index (χ0) is 14.8. The largest absolute Gasteiger partial charge is 0.324 e. The third-order valence-corrected chi connectivity index (χ3v) is 4.79. The molecule has 1 aromatic rings. The Balaban J connectivity index is 0.00000220. The molecule has 1 aliphatic rings. The van der Waals surface area contributed by atoms with Crippen LogP contribution in [0, 0.1) is 10.1 Å². The molecule has 0 unspecified atom stereocenters. The first-order valence-electron chi connectivity index (χ1n) is 6.29. The number of rotatable bonds is 6. The number of nitrogens with zero attached hydrogens (tertiary/aromatic N) is 1. The van der Waals surface area contributed by atoms with Crippen LogP contribution in [-0.4, -0.2) is 25.4 Å². The van der Waals surface area contributed by atoms with Gasteiger partial charge in [-0.05, 0) is 24.8 Å². The molecule has 0 bridgehead atoms. The molecule has 9 heteroatoms. The number of benzene rings is 1. The van der Waals surface area contributed by atoms with E-state index >= 15 is 0 Å². The second-order valence-corrected chi connectivity index (χ2v) is 7.03. The van der Waals surface area contributed by atoms with Gasteiger partial charge in [0.1, 0.15) is 0 Å². The van der Waals surface area contributed by atoms with Crippen molar-refractivity contribution in [2.24, 2.45) is 5.73 Å². The smallest absolute Gasteiger partial charge is 0.269 e. The van der Waals surface area contributed by atoms with Crippen molar-refractivity contribution in [3.8, 4) is 0 Å². The van der Waals surface area contributed by atoms with Crippen LogP contribution in [0.25, 0.3) is 0 Å². The molecule has 1 saturated carbocycles. The maximum absolute atomic E-state index is 11.9. The lowest BCUT2D eigenvalue weighted by atomic mass is 9.78. The molecule has 1 aliphatic carbocycles. The zero-order valence-corrected chi connectivity index (χ0v) is 13.0. The van der Waals surface area contributed by atoms with Crippen LogP contribution in [0.5, 0.6) is 0 Å². The fourth-order valence-electron chi connectivity index (χ4n) is 2.05. The SMILES string of the molecule is Cl.NC1(CNS(=O)(=O)Cc2ccc([N+](=O)[O-])cc2)CCC1. The van der Waals surface area contributed by atoms with Crippen molar-refractivity contribution in [3.63, 3.8) is 0 Å². The van der Waals surface area contributed by atoms with Crippen molar-refractivity contribution in [2.75, 3.05) is 6.54 Å². The van der Waals surface area contributed by atoms with Gasteiger partial charge in [0.25, 0.3) is 5.69 Å². The summed E-state index contributed by atoms with van der Waals surface area (Å²) in [5, 5.41) is 10.5. The molecule has 0 radical (unpaired) electrons. The number of nitrogens with one attached hydrogen (secondary N) is 1. The number of hydrogen-bond acceptors (Lipinski definition) is 5. The predicted molar refractivity (Wildman–Crippen MR) is 81.7 cm³/mol. The standard InChI is InChI=1S/C12H17N3O4S.ClH/c13-12(6-1-7-12)9-14-20(18,19)8-10-2-4-11(5-3-10)15(16)17;/h2-5,14H,1,6-9,13H2;1H. The van der Waals surface area contributed by atoms with E-state index in [1.165, 1.54) is 24.3 Å². The minimum atomic E-state index is -3.48. The van der Waals surface area contributed by atoms with E-state index < -0.39 is 20.5 Å². The van der Waals surface area contributed by atoms with E-state index in [0.29, 0.717) is 5.56 Å². The first-order chi connectivity index (χ1) is 9.30. The van der Waals surface area contributed by atoms with Gasteiger partial charge in [0, 0.05) is 24.2 Å². The van der Waals surface area contributed by atoms with Gasteiger partial charge in [-0.1, -0.05) is 12.1 Å². The number of halogens is 1. The summed E-state index contributed by atoms with van der Waals surface area (Å²) in [7, 11) is -3.48. The van der Waals surface area contributed by atoms with E-state index in [1.54, 1.807) is 0 Å². The van der Waals surface area contributed by atoms with E-state index in [2.05, 4.69) is 4.72 Å². The number of nitro benzene ring substituents is 1. The monoisotopic (exact) mass is 335 g/mol. The summed E-state index contributed by atoms with van der Waals surface area (Å²) in [6, 6.07) is 5.47. The molecule has 1 aromatic carbocycles. The fourth-order valence-corrected chi connectivity index (χ4v) is 3.29. The number of sulfonamides is 1. The van der Waals surface area contributed by atoms with Gasteiger partial charge in [-0.15, -0.1) is 12.4 Å². The Labute approximate surface area is 129 Å². The molecule has 21 heavy (non-hydrogen) atoms. The van der Waals surface area contributed by atoms with Crippen molar-refractivity contribution in [1.29, 1.82) is 0 Å². The van der Waals surface area contributed by atoms with Crippen LogP contribution < -0.4 is 10.5 Å². The molecule has 0 saturated heterocycles. The van der Waals surface area contributed by atoms with Crippen molar-refractivity contribution in [1.82, 2.24) is 4.72 Å². The number of hydrogen-bond donors (Lipinski definition) is 2. The van der Waals surface area contributed by atoms with Crippen LogP contribution in [0.2, 0.25) is 0 Å². The zero-order valence-electron chi connectivity index (χ0n) is 11.3. The van der Waals surface area contributed by atoms with Crippen molar-refractivity contribution < 1.29 is 13.3 Å². The van der Waals surface area contributed by atoms with Gasteiger partial charge >= 0.3 is 0 Å². The lowest BCUT2D eigenvalue weighted by Gasteiger charge is -2.38. The van der Waals surface area contributed by atoms with Crippen LogP contribution in [-0.2, 0) is 15.8 Å². The van der Waals surface area contributed by atoms with Crippen molar-refractivity contribution in [2.45, 2.75) is 30.6 Å². The van der Waals surface area contributed by atoms with Gasteiger partial charge < -0.3 is 5.73 Å². The maximum Gasteiger partial charge on any atom is 0.269 e. The third-order valence-electron chi connectivity index (χ3n) is 3.50. The second-order valence-electron chi connectivity index (χ2n) is 5.22. The van der Waals surface area contributed by atoms with Gasteiger partial charge in [-0.3, -0.25) is 10.1 Å². The highest BCUT2D eigenvalue weighted by molar-refractivity contribution is 7.88. The molecular weight excluding hydrogens is 318 g/mol. The summed E-state index contributed by atoms with van der Waals surface area (Å²) in [6.45, 7) is 0.238. The molecule has 0 aliphatic heterocycles. The molecule has 0 aromatic heterocycles. The quantitative estimate of drug-likeness (QED) is 0.600. The molecule has 118 valence electrons. The summed E-state index contributed by atoms with van der Waals surface area (Å²) in [6.07, 6.45) is 2.68. The normalized spacial score (nSPS) is 16.6. The Bertz CT molecular complexity index is 599. The number of nitro groups is 1. The van der Waals surface area contributed by atoms with Crippen molar-refractivity contribution in [3.05, 3.63) is 39.9 Å². The Morgan fingerprint density at radius 2 is 1.86 bits per heavy atom. The molecule has 0 heterocycles. The highest BCUT2D eigenvalue weighted by Gasteiger charge is 2.33. The van der Waals surface area contributed by atoms with Gasteiger partial charge in [-0.25, -0.2) is 13.1 Å². The van der Waals surface area contributed by atoms with E-state index in [1.807, 2.05) is 0 Å².